The summed E-state index contributed by atoms with van der Waals surface area (Å²) in [4.78, 5) is 0. The second-order valence-corrected chi connectivity index (χ2v) is 6.54. The highest BCUT2D eigenvalue weighted by Gasteiger charge is 2.06. The molecule has 4 aromatic rings. The van der Waals surface area contributed by atoms with Crippen molar-refractivity contribution >= 4 is 17.3 Å². The third-order valence-corrected chi connectivity index (χ3v) is 4.61. The summed E-state index contributed by atoms with van der Waals surface area (Å²) >= 11 is 0. The number of hydrogen-bond donors (Lipinski definition) is 1. The van der Waals surface area contributed by atoms with E-state index in [1.54, 1.807) is 0 Å². The molecule has 0 spiro atoms. The lowest BCUT2D eigenvalue weighted by molar-refractivity contribution is 1.54. The lowest BCUT2D eigenvalue weighted by atomic mass is 9.94. The quantitative estimate of drug-likeness (QED) is 0.330. The zero-order valence-electron chi connectivity index (χ0n) is 15.0. The highest BCUT2D eigenvalue weighted by molar-refractivity contribution is 5.91. The number of benzene rings is 4. The molecule has 130 valence electrons. The predicted molar refractivity (Wildman–Crippen MR) is 116 cm³/mol. The molecular weight excluding hydrogens is 326 g/mol. The molecule has 0 bridgehead atoms. The number of nitrogen functional groups attached to an aromatic ring is 1. The Balaban J connectivity index is 1.76. The van der Waals surface area contributed by atoms with Crippen molar-refractivity contribution in [2.45, 2.75) is 0 Å². The second-order valence-electron chi connectivity index (χ2n) is 6.54. The van der Waals surface area contributed by atoms with Crippen molar-refractivity contribution in [1.82, 2.24) is 0 Å². The van der Waals surface area contributed by atoms with E-state index >= 15 is 0 Å². The van der Waals surface area contributed by atoms with E-state index in [0.29, 0.717) is 0 Å². The summed E-state index contributed by atoms with van der Waals surface area (Å²) < 4.78 is 0. The first-order chi connectivity index (χ1) is 13.3. The van der Waals surface area contributed by atoms with Gasteiger partial charge in [0, 0.05) is 5.69 Å². The Morgan fingerprint density at radius 1 is 0.556 bits per heavy atom. The second kappa shape index (κ2) is 7.76. The molecule has 0 fully saturated rings. The summed E-state index contributed by atoms with van der Waals surface area (Å²) in [6.07, 6.45) is 2.24. The fourth-order valence-electron chi connectivity index (χ4n) is 3.23. The Kier molecular flexibility index (Phi) is 4.84. The van der Waals surface area contributed by atoms with E-state index in [9.17, 15) is 0 Å². The standard InChI is InChI=1S/C26H21N/c27-25-13-7-12-24(19-25)21-14-16-23(17-15-21)26(22-10-5-2-6-11-22)18-20-8-3-1-4-9-20/h1-19H,27H2/b26-18-. The maximum absolute atomic E-state index is 5.93. The van der Waals surface area contributed by atoms with Crippen LogP contribution in [0.3, 0.4) is 0 Å². The summed E-state index contributed by atoms with van der Waals surface area (Å²) in [5.74, 6) is 0. The lowest BCUT2D eigenvalue weighted by Gasteiger charge is -2.11. The molecule has 0 atom stereocenters. The molecule has 0 saturated carbocycles. The van der Waals surface area contributed by atoms with E-state index in [0.717, 1.165) is 16.8 Å². The zero-order chi connectivity index (χ0) is 18.5. The molecule has 4 aromatic carbocycles. The van der Waals surface area contributed by atoms with Crippen molar-refractivity contribution in [2.24, 2.45) is 0 Å². The molecule has 0 radical (unpaired) electrons. The van der Waals surface area contributed by atoms with Gasteiger partial charge in [-0.15, -0.1) is 0 Å². The molecule has 4 rings (SSSR count). The average Bonchev–Trinajstić information content (AvgIpc) is 2.74. The fourth-order valence-corrected chi connectivity index (χ4v) is 3.23. The highest BCUT2D eigenvalue weighted by atomic mass is 14.5. The number of anilines is 1. The molecule has 0 heterocycles. The van der Waals surface area contributed by atoms with E-state index in [1.807, 2.05) is 30.3 Å². The monoisotopic (exact) mass is 347 g/mol. The average molecular weight is 347 g/mol. The van der Waals surface area contributed by atoms with Crippen LogP contribution in [0, 0.1) is 0 Å². The molecule has 0 aliphatic carbocycles. The van der Waals surface area contributed by atoms with Gasteiger partial charge in [0.2, 0.25) is 0 Å². The number of nitrogens with two attached hydrogens (primary N) is 1. The molecule has 0 amide bonds. The van der Waals surface area contributed by atoms with Crippen LogP contribution in [0.25, 0.3) is 22.8 Å². The first kappa shape index (κ1) is 16.9. The van der Waals surface area contributed by atoms with Gasteiger partial charge in [-0.25, -0.2) is 0 Å². The molecule has 1 heteroatoms. The first-order valence-electron chi connectivity index (χ1n) is 9.08. The van der Waals surface area contributed by atoms with E-state index in [-0.39, 0.29) is 0 Å². The van der Waals surface area contributed by atoms with Gasteiger partial charge in [0.1, 0.15) is 0 Å². The van der Waals surface area contributed by atoms with Crippen LogP contribution in [0.15, 0.2) is 109 Å². The van der Waals surface area contributed by atoms with Gasteiger partial charge in [-0.3, -0.25) is 0 Å². The summed E-state index contributed by atoms with van der Waals surface area (Å²) in [5.41, 5.74) is 13.8. The third-order valence-electron chi connectivity index (χ3n) is 4.61. The SMILES string of the molecule is Nc1cccc(-c2ccc(/C(=C\c3ccccc3)c3ccccc3)cc2)c1. The van der Waals surface area contributed by atoms with Crippen molar-refractivity contribution in [3.05, 3.63) is 126 Å². The Hall–Kier alpha value is -3.58. The van der Waals surface area contributed by atoms with Crippen LogP contribution in [-0.4, -0.2) is 0 Å². The van der Waals surface area contributed by atoms with E-state index < -0.39 is 0 Å². The van der Waals surface area contributed by atoms with Crippen LogP contribution in [0.5, 0.6) is 0 Å². The third kappa shape index (κ3) is 3.99. The molecule has 0 saturated heterocycles. The molecule has 0 aliphatic rings. The van der Waals surface area contributed by atoms with E-state index in [2.05, 4.69) is 84.9 Å². The molecule has 0 aliphatic heterocycles. The van der Waals surface area contributed by atoms with Gasteiger partial charge in [-0.2, -0.15) is 0 Å². The summed E-state index contributed by atoms with van der Waals surface area (Å²) in [7, 11) is 0. The molecule has 27 heavy (non-hydrogen) atoms. The van der Waals surface area contributed by atoms with Gasteiger partial charge in [0.05, 0.1) is 0 Å². The number of rotatable bonds is 4. The number of hydrogen-bond acceptors (Lipinski definition) is 1. The van der Waals surface area contributed by atoms with Gasteiger partial charge in [0.15, 0.2) is 0 Å². The Labute approximate surface area is 160 Å². The van der Waals surface area contributed by atoms with Crippen molar-refractivity contribution in [3.8, 4) is 11.1 Å². The molecular formula is C26H21N. The van der Waals surface area contributed by atoms with Crippen molar-refractivity contribution in [2.75, 3.05) is 5.73 Å². The summed E-state index contributed by atoms with van der Waals surface area (Å²) in [5, 5.41) is 0. The van der Waals surface area contributed by atoms with Gasteiger partial charge < -0.3 is 5.73 Å². The summed E-state index contributed by atoms with van der Waals surface area (Å²) in [6, 6.07) is 37.6. The highest BCUT2D eigenvalue weighted by Crippen LogP contribution is 2.29. The van der Waals surface area contributed by atoms with Crippen molar-refractivity contribution in [3.63, 3.8) is 0 Å². The van der Waals surface area contributed by atoms with Crippen molar-refractivity contribution in [1.29, 1.82) is 0 Å². The van der Waals surface area contributed by atoms with Crippen LogP contribution < -0.4 is 5.73 Å². The Morgan fingerprint density at radius 2 is 1.19 bits per heavy atom. The van der Waals surface area contributed by atoms with Crippen LogP contribution >= 0.6 is 0 Å². The largest absolute Gasteiger partial charge is 0.399 e. The normalized spacial score (nSPS) is 11.3. The minimum Gasteiger partial charge on any atom is -0.399 e. The van der Waals surface area contributed by atoms with Crippen LogP contribution in [-0.2, 0) is 0 Å². The molecule has 2 N–H and O–H groups in total. The molecule has 1 nitrogen and oxygen atoms in total. The minimum atomic E-state index is 0.783. The Bertz CT molecular complexity index is 1050. The van der Waals surface area contributed by atoms with Crippen LogP contribution in [0.4, 0.5) is 5.69 Å². The van der Waals surface area contributed by atoms with E-state index in [1.165, 1.54) is 22.3 Å². The summed E-state index contributed by atoms with van der Waals surface area (Å²) in [6.45, 7) is 0. The van der Waals surface area contributed by atoms with Gasteiger partial charge in [-0.1, -0.05) is 97.1 Å². The predicted octanol–water partition coefficient (Wildman–Crippen LogP) is 6.52. The first-order valence-corrected chi connectivity index (χ1v) is 9.08. The minimum absolute atomic E-state index is 0.783. The maximum atomic E-state index is 5.93. The maximum Gasteiger partial charge on any atom is 0.0320 e. The molecule has 0 aromatic heterocycles. The van der Waals surface area contributed by atoms with Crippen LogP contribution in [0.2, 0.25) is 0 Å². The van der Waals surface area contributed by atoms with Crippen molar-refractivity contribution < 1.29 is 0 Å². The smallest absolute Gasteiger partial charge is 0.0320 e. The van der Waals surface area contributed by atoms with E-state index in [4.69, 9.17) is 5.73 Å². The topological polar surface area (TPSA) is 26.0 Å². The van der Waals surface area contributed by atoms with Gasteiger partial charge in [0.25, 0.3) is 0 Å². The Morgan fingerprint density at radius 3 is 1.85 bits per heavy atom. The van der Waals surface area contributed by atoms with Gasteiger partial charge in [-0.05, 0) is 51.6 Å². The molecule has 0 unspecified atom stereocenters. The fraction of sp³-hybridized carbons (Fsp3) is 0. The van der Waals surface area contributed by atoms with Gasteiger partial charge >= 0.3 is 0 Å². The lowest BCUT2D eigenvalue weighted by Crippen LogP contribution is -1.89. The van der Waals surface area contributed by atoms with Crippen LogP contribution in [0.1, 0.15) is 16.7 Å². The zero-order valence-corrected chi connectivity index (χ0v) is 15.0.